The standard InChI is InChI=1S/C11H15N3OS/c1-9-5-6-10(7-13-9)11(2,3)16(4,15)14-8-12/h5-7H,1-4H3. The number of hydrogen-bond acceptors (Lipinski definition) is 4. The van der Waals surface area contributed by atoms with E-state index in [9.17, 15) is 4.21 Å². The maximum absolute atomic E-state index is 12.3. The summed E-state index contributed by atoms with van der Waals surface area (Å²) in [5, 5.41) is 8.54. The van der Waals surface area contributed by atoms with Crippen molar-refractivity contribution in [1.29, 1.82) is 5.26 Å². The monoisotopic (exact) mass is 237 g/mol. The SMILES string of the molecule is Cc1ccc(C(C)(C)S(C)(=O)=NC#N)cn1. The van der Waals surface area contributed by atoms with Crippen molar-refractivity contribution in [2.45, 2.75) is 25.5 Å². The molecule has 0 N–H and O–H groups in total. The Morgan fingerprint density at radius 2 is 2.12 bits per heavy atom. The maximum Gasteiger partial charge on any atom is 0.214 e. The van der Waals surface area contributed by atoms with Crippen LogP contribution in [0.4, 0.5) is 0 Å². The molecule has 86 valence electrons. The largest absolute Gasteiger partial charge is 0.261 e. The van der Waals surface area contributed by atoms with Crippen LogP contribution in [-0.2, 0) is 14.5 Å². The van der Waals surface area contributed by atoms with Gasteiger partial charge in [-0.1, -0.05) is 6.07 Å². The van der Waals surface area contributed by atoms with E-state index in [1.54, 1.807) is 12.4 Å². The third-order valence-electron chi connectivity index (χ3n) is 2.77. The van der Waals surface area contributed by atoms with E-state index in [1.165, 1.54) is 6.26 Å². The van der Waals surface area contributed by atoms with E-state index in [1.807, 2.05) is 32.9 Å². The van der Waals surface area contributed by atoms with Crippen molar-refractivity contribution in [3.63, 3.8) is 0 Å². The molecule has 0 bridgehead atoms. The molecule has 0 radical (unpaired) electrons. The Morgan fingerprint density at radius 3 is 2.56 bits per heavy atom. The van der Waals surface area contributed by atoms with E-state index in [0.717, 1.165) is 11.3 Å². The number of aryl methyl sites for hydroxylation is 1. The van der Waals surface area contributed by atoms with Gasteiger partial charge in [-0.15, -0.1) is 4.36 Å². The van der Waals surface area contributed by atoms with Crippen molar-refractivity contribution in [3.05, 3.63) is 29.6 Å². The molecule has 1 aromatic heterocycles. The zero-order chi connectivity index (χ0) is 12.4. The molecule has 5 heteroatoms. The van der Waals surface area contributed by atoms with Gasteiger partial charge in [0.25, 0.3) is 0 Å². The normalized spacial score (nSPS) is 14.9. The summed E-state index contributed by atoms with van der Waals surface area (Å²) in [5.41, 5.74) is 1.73. The van der Waals surface area contributed by atoms with Gasteiger partial charge in [-0.3, -0.25) is 4.98 Å². The van der Waals surface area contributed by atoms with E-state index in [2.05, 4.69) is 9.35 Å². The third-order valence-corrected chi connectivity index (χ3v) is 5.33. The van der Waals surface area contributed by atoms with Crippen LogP contribution < -0.4 is 0 Å². The van der Waals surface area contributed by atoms with Gasteiger partial charge in [0.2, 0.25) is 6.19 Å². The molecule has 0 aliphatic rings. The number of aromatic nitrogens is 1. The summed E-state index contributed by atoms with van der Waals surface area (Å²) in [7, 11) is -2.60. The van der Waals surface area contributed by atoms with Crippen LogP contribution in [0.25, 0.3) is 0 Å². The smallest absolute Gasteiger partial charge is 0.214 e. The molecular weight excluding hydrogens is 222 g/mol. The fraction of sp³-hybridized carbons (Fsp3) is 0.455. The first-order valence-corrected chi connectivity index (χ1v) is 6.76. The second-order valence-electron chi connectivity index (χ2n) is 4.19. The first kappa shape index (κ1) is 12.7. The summed E-state index contributed by atoms with van der Waals surface area (Å²) in [6, 6.07) is 3.73. The second kappa shape index (κ2) is 4.22. The fourth-order valence-corrected chi connectivity index (χ4v) is 2.18. The van der Waals surface area contributed by atoms with E-state index in [-0.39, 0.29) is 0 Å². The van der Waals surface area contributed by atoms with Crippen molar-refractivity contribution in [2.75, 3.05) is 6.26 Å². The highest BCUT2D eigenvalue weighted by atomic mass is 32.2. The number of rotatable bonds is 2. The van der Waals surface area contributed by atoms with Gasteiger partial charge in [-0.05, 0) is 32.4 Å². The highest BCUT2D eigenvalue weighted by Gasteiger charge is 2.31. The highest BCUT2D eigenvalue weighted by Crippen LogP contribution is 2.29. The molecule has 1 aromatic rings. The molecule has 0 fully saturated rings. The molecule has 1 heterocycles. The Kier molecular flexibility index (Phi) is 3.34. The molecular formula is C11H15N3OS. The van der Waals surface area contributed by atoms with E-state index < -0.39 is 14.5 Å². The second-order valence-corrected chi connectivity index (χ2v) is 7.00. The summed E-state index contributed by atoms with van der Waals surface area (Å²) in [5.74, 6) is 0. The fourth-order valence-electron chi connectivity index (χ4n) is 1.23. The number of nitriles is 1. The Hall–Kier alpha value is -1.41. The lowest BCUT2D eigenvalue weighted by Gasteiger charge is -2.25. The van der Waals surface area contributed by atoms with E-state index >= 15 is 0 Å². The average molecular weight is 237 g/mol. The van der Waals surface area contributed by atoms with Crippen LogP contribution in [0.5, 0.6) is 0 Å². The van der Waals surface area contributed by atoms with Crippen molar-refractivity contribution in [1.82, 2.24) is 4.98 Å². The minimum absolute atomic E-state index is 0.691. The summed E-state index contributed by atoms with van der Waals surface area (Å²) in [4.78, 5) is 4.17. The lowest BCUT2D eigenvalue weighted by molar-refractivity contribution is 0.638. The zero-order valence-corrected chi connectivity index (χ0v) is 10.7. The summed E-state index contributed by atoms with van der Waals surface area (Å²) in [6.07, 6.45) is 4.81. The van der Waals surface area contributed by atoms with Gasteiger partial charge in [-0.2, -0.15) is 5.26 Å². The van der Waals surface area contributed by atoms with Crippen LogP contribution in [-0.4, -0.2) is 15.4 Å². The third kappa shape index (κ3) is 2.22. The molecule has 4 nitrogen and oxygen atoms in total. The minimum atomic E-state index is -2.60. The Labute approximate surface area is 96.5 Å². The van der Waals surface area contributed by atoms with Crippen LogP contribution in [0.1, 0.15) is 25.1 Å². The zero-order valence-electron chi connectivity index (χ0n) is 9.89. The van der Waals surface area contributed by atoms with Crippen LogP contribution in [0.15, 0.2) is 22.7 Å². The molecule has 1 unspecified atom stereocenters. The van der Waals surface area contributed by atoms with Crippen LogP contribution in [0.3, 0.4) is 0 Å². The summed E-state index contributed by atoms with van der Waals surface area (Å²) >= 11 is 0. The molecule has 0 aromatic carbocycles. The van der Waals surface area contributed by atoms with Crippen molar-refractivity contribution in [2.24, 2.45) is 4.36 Å². The molecule has 1 atom stereocenters. The quantitative estimate of drug-likeness (QED) is 0.741. The number of hydrogen-bond donors (Lipinski definition) is 0. The Morgan fingerprint density at radius 1 is 1.50 bits per heavy atom. The average Bonchev–Trinajstić information content (AvgIpc) is 2.18. The van der Waals surface area contributed by atoms with Crippen LogP contribution in [0, 0.1) is 18.4 Å². The van der Waals surface area contributed by atoms with Gasteiger partial charge in [0.15, 0.2) is 0 Å². The van der Waals surface area contributed by atoms with Gasteiger partial charge in [0.1, 0.15) is 0 Å². The van der Waals surface area contributed by atoms with Crippen molar-refractivity contribution in [3.8, 4) is 6.19 Å². The number of pyridine rings is 1. The molecule has 0 saturated carbocycles. The molecule has 16 heavy (non-hydrogen) atoms. The molecule has 0 amide bonds. The van der Waals surface area contributed by atoms with E-state index in [0.29, 0.717) is 0 Å². The highest BCUT2D eigenvalue weighted by molar-refractivity contribution is 7.93. The Bertz CT molecular complexity index is 531. The van der Waals surface area contributed by atoms with Crippen LogP contribution in [0.2, 0.25) is 0 Å². The first-order valence-electron chi connectivity index (χ1n) is 4.84. The molecule has 0 saturated heterocycles. The summed E-state index contributed by atoms with van der Waals surface area (Å²) in [6.45, 7) is 5.50. The van der Waals surface area contributed by atoms with E-state index in [4.69, 9.17) is 5.26 Å². The molecule has 0 aliphatic carbocycles. The van der Waals surface area contributed by atoms with Gasteiger partial charge in [0.05, 0.1) is 14.5 Å². The van der Waals surface area contributed by atoms with Gasteiger partial charge in [-0.25, -0.2) is 4.21 Å². The lowest BCUT2D eigenvalue weighted by Crippen LogP contribution is -2.28. The topological polar surface area (TPSA) is 66.1 Å². The Balaban J connectivity index is 3.33. The van der Waals surface area contributed by atoms with Crippen molar-refractivity contribution < 1.29 is 4.21 Å². The van der Waals surface area contributed by atoms with Gasteiger partial charge in [0, 0.05) is 18.1 Å². The predicted octanol–water partition coefficient (Wildman–Crippen LogP) is 2.20. The molecule has 1 rings (SSSR count). The summed E-state index contributed by atoms with van der Waals surface area (Å²) < 4.78 is 15.1. The maximum atomic E-state index is 12.3. The first-order chi connectivity index (χ1) is 7.31. The molecule has 0 spiro atoms. The lowest BCUT2D eigenvalue weighted by atomic mass is 10.0. The molecule has 0 aliphatic heterocycles. The van der Waals surface area contributed by atoms with Crippen LogP contribution >= 0.6 is 0 Å². The minimum Gasteiger partial charge on any atom is -0.261 e. The number of nitrogens with zero attached hydrogens (tertiary/aromatic N) is 3. The predicted molar refractivity (Wildman–Crippen MR) is 64.1 cm³/mol. The van der Waals surface area contributed by atoms with Gasteiger partial charge < -0.3 is 0 Å². The van der Waals surface area contributed by atoms with Crippen molar-refractivity contribution >= 4 is 9.73 Å². The van der Waals surface area contributed by atoms with Gasteiger partial charge >= 0.3 is 0 Å².